The molecular formula is C23H21F6N5O2. The van der Waals surface area contributed by atoms with E-state index in [1.165, 1.54) is 12.1 Å². The Bertz CT molecular complexity index is 1290. The molecule has 6 bridgehead atoms. The fourth-order valence-corrected chi connectivity index (χ4v) is 4.90. The van der Waals surface area contributed by atoms with Gasteiger partial charge in [0.05, 0.1) is 5.69 Å². The predicted octanol–water partition coefficient (Wildman–Crippen LogP) is 4.84. The molecule has 2 aliphatic rings. The molecule has 13 heteroatoms. The zero-order valence-corrected chi connectivity index (χ0v) is 18.7. The fourth-order valence-electron chi connectivity index (χ4n) is 4.90. The molecule has 0 aliphatic carbocycles. The molecule has 36 heavy (non-hydrogen) atoms. The topological polar surface area (TPSA) is 101 Å². The van der Waals surface area contributed by atoms with E-state index in [1.54, 1.807) is 11.0 Å². The van der Waals surface area contributed by atoms with Crippen molar-refractivity contribution in [2.24, 2.45) is 0 Å². The molecule has 4 heterocycles. The van der Waals surface area contributed by atoms with Crippen LogP contribution in [0.25, 0.3) is 11.6 Å². The van der Waals surface area contributed by atoms with Crippen LogP contribution in [0.3, 0.4) is 0 Å². The maximum absolute atomic E-state index is 14.2. The van der Waals surface area contributed by atoms with Gasteiger partial charge in [-0.2, -0.15) is 26.3 Å². The first kappa shape index (κ1) is 24.3. The first-order valence-electron chi connectivity index (χ1n) is 11.3. The van der Waals surface area contributed by atoms with Crippen LogP contribution in [0, 0.1) is 0 Å². The summed E-state index contributed by atoms with van der Waals surface area (Å²) in [4.78, 5) is 5.66. The summed E-state index contributed by atoms with van der Waals surface area (Å²) in [5.74, 6) is -2.23. The molecule has 1 aromatic carbocycles. The number of fused-ring (bicyclic) bond motifs is 9. The lowest BCUT2D eigenvalue weighted by Crippen LogP contribution is -2.43. The summed E-state index contributed by atoms with van der Waals surface area (Å²) in [5, 5.41) is 17.9. The van der Waals surface area contributed by atoms with Gasteiger partial charge in [0.1, 0.15) is 11.4 Å². The number of benzene rings is 1. The molecule has 2 atom stereocenters. The van der Waals surface area contributed by atoms with Gasteiger partial charge in [-0.15, -0.1) is 10.2 Å². The van der Waals surface area contributed by atoms with Crippen molar-refractivity contribution in [2.45, 2.75) is 56.1 Å². The number of aryl methyl sites for hydroxylation is 1. The lowest BCUT2D eigenvalue weighted by atomic mass is 9.90. The normalized spacial score (nSPS) is 22.6. The molecule has 3 N–H and O–H groups in total. The zero-order chi connectivity index (χ0) is 25.9. The summed E-state index contributed by atoms with van der Waals surface area (Å²) in [5.41, 5.74) is 0.237. The van der Waals surface area contributed by atoms with Gasteiger partial charge in [-0.1, -0.05) is 24.3 Å². The monoisotopic (exact) mass is 513 g/mol. The number of nitrogen functional groups attached to an aromatic ring is 1. The second-order valence-corrected chi connectivity index (χ2v) is 9.00. The SMILES string of the molecule is Nc1cc(C(F)(F)F)c2nc1-c1nnc(o1)C(O)(C(F)(F)F)c1cccc(c1)CCC[C@@H]1CCCN21. The van der Waals surface area contributed by atoms with E-state index in [4.69, 9.17) is 10.2 Å². The standard InChI is InChI=1S/C23H21F6N5O2/c24-22(25,26)15-11-16(30)17-19-32-33-20(36-19)21(35,23(27,28)29)13-6-1-4-12(10-13)5-2-7-14-8-3-9-34(14)18(15)31-17/h1,4,6,10-11,14,35H,2-3,5,7-9,30H2/t14-,21?/m1/s1. The van der Waals surface area contributed by atoms with Crippen LogP contribution >= 0.6 is 0 Å². The average molecular weight is 513 g/mol. The van der Waals surface area contributed by atoms with Crippen molar-refractivity contribution in [3.8, 4) is 11.6 Å². The van der Waals surface area contributed by atoms with Crippen molar-refractivity contribution in [2.75, 3.05) is 17.2 Å². The van der Waals surface area contributed by atoms with Gasteiger partial charge in [-0.25, -0.2) is 4.98 Å². The smallest absolute Gasteiger partial charge is 0.415 e. The number of anilines is 2. The molecule has 7 nitrogen and oxygen atoms in total. The highest BCUT2D eigenvalue weighted by Crippen LogP contribution is 2.46. The molecule has 1 saturated heterocycles. The second-order valence-electron chi connectivity index (χ2n) is 9.00. The van der Waals surface area contributed by atoms with E-state index >= 15 is 0 Å². The molecule has 2 aromatic heterocycles. The molecular weight excluding hydrogens is 492 g/mol. The Balaban J connectivity index is 1.75. The van der Waals surface area contributed by atoms with Crippen LogP contribution in [0.5, 0.6) is 0 Å². The van der Waals surface area contributed by atoms with E-state index in [0.29, 0.717) is 50.3 Å². The summed E-state index contributed by atoms with van der Waals surface area (Å²) in [6.45, 7) is 0.322. The molecule has 0 spiro atoms. The molecule has 192 valence electrons. The van der Waals surface area contributed by atoms with Crippen molar-refractivity contribution < 1.29 is 35.9 Å². The third-order valence-corrected chi connectivity index (χ3v) is 6.68. The minimum atomic E-state index is -5.25. The van der Waals surface area contributed by atoms with Gasteiger partial charge in [0.25, 0.3) is 17.4 Å². The van der Waals surface area contributed by atoms with Crippen LogP contribution in [-0.2, 0) is 18.2 Å². The van der Waals surface area contributed by atoms with Crippen LogP contribution in [-0.4, -0.2) is 39.1 Å². The summed E-state index contributed by atoms with van der Waals surface area (Å²) in [6, 6.07) is 5.74. The summed E-state index contributed by atoms with van der Waals surface area (Å²) >= 11 is 0. The quantitative estimate of drug-likeness (QED) is 0.415. The van der Waals surface area contributed by atoms with E-state index < -0.39 is 58.1 Å². The number of rotatable bonds is 0. The zero-order valence-electron chi connectivity index (χ0n) is 18.7. The molecule has 1 unspecified atom stereocenters. The molecule has 3 aromatic rings. The summed E-state index contributed by atoms with van der Waals surface area (Å²) in [7, 11) is 0. The predicted molar refractivity (Wildman–Crippen MR) is 116 cm³/mol. The van der Waals surface area contributed by atoms with Crippen LogP contribution in [0.1, 0.15) is 48.3 Å². The molecule has 0 saturated carbocycles. The maximum Gasteiger partial charge on any atom is 0.430 e. The Hall–Kier alpha value is -3.35. The average Bonchev–Trinajstić information content (AvgIpc) is 3.47. The van der Waals surface area contributed by atoms with Gasteiger partial charge in [0.15, 0.2) is 5.69 Å². The number of aliphatic hydroxyl groups is 1. The number of aromatic nitrogens is 3. The van der Waals surface area contributed by atoms with E-state index in [9.17, 15) is 31.4 Å². The first-order chi connectivity index (χ1) is 16.9. The van der Waals surface area contributed by atoms with E-state index in [1.807, 2.05) is 0 Å². The maximum atomic E-state index is 14.2. The van der Waals surface area contributed by atoms with Crippen LogP contribution in [0.4, 0.5) is 37.8 Å². The van der Waals surface area contributed by atoms with Crippen molar-refractivity contribution >= 4 is 11.5 Å². The largest absolute Gasteiger partial charge is 0.430 e. The van der Waals surface area contributed by atoms with Crippen LogP contribution in [0.2, 0.25) is 0 Å². The Morgan fingerprint density at radius 2 is 1.81 bits per heavy atom. The molecule has 2 aliphatic heterocycles. The number of hydrogen-bond donors (Lipinski definition) is 2. The van der Waals surface area contributed by atoms with Crippen molar-refractivity contribution in [3.63, 3.8) is 0 Å². The summed E-state index contributed by atoms with van der Waals surface area (Å²) in [6.07, 6.45) is -7.39. The van der Waals surface area contributed by atoms with Gasteiger partial charge >= 0.3 is 12.4 Å². The Morgan fingerprint density at radius 1 is 1.06 bits per heavy atom. The fraction of sp³-hybridized carbons (Fsp3) is 0.435. The van der Waals surface area contributed by atoms with Gasteiger partial charge in [-0.3, -0.25) is 0 Å². The van der Waals surface area contributed by atoms with Crippen LogP contribution in [0.15, 0.2) is 34.7 Å². The summed E-state index contributed by atoms with van der Waals surface area (Å²) < 4.78 is 89.7. The number of alkyl halides is 6. The Kier molecular flexibility index (Phi) is 5.65. The van der Waals surface area contributed by atoms with Gasteiger partial charge in [0, 0.05) is 18.2 Å². The second kappa shape index (κ2) is 8.36. The number of halogens is 6. The third kappa shape index (κ3) is 3.94. The number of pyridine rings is 1. The highest BCUT2D eigenvalue weighted by molar-refractivity contribution is 5.71. The van der Waals surface area contributed by atoms with Crippen LogP contribution < -0.4 is 10.6 Å². The van der Waals surface area contributed by atoms with E-state index in [2.05, 4.69) is 15.2 Å². The number of nitrogens with zero attached hydrogens (tertiary/aromatic N) is 4. The Morgan fingerprint density at radius 3 is 2.53 bits per heavy atom. The highest BCUT2D eigenvalue weighted by atomic mass is 19.4. The van der Waals surface area contributed by atoms with Gasteiger partial charge < -0.3 is 20.2 Å². The van der Waals surface area contributed by atoms with Crippen molar-refractivity contribution in [1.29, 1.82) is 0 Å². The molecule has 5 rings (SSSR count). The van der Waals surface area contributed by atoms with Crippen molar-refractivity contribution in [1.82, 2.24) is 15.2 Å². The number of nitrogens with two attached hydrogens (primary N) is 1. The van der Waals surface area contributed by atoms with E-state index in [0.717, 1.165) is 6.07 Å². The van der Waals surface area contributed by atoms with Gasteiger partial charge in [-0.05, 0) is 43.7 Å². The minimum absolute atomic E-state index is 0.256. The molecule has 0 amide bonds. The van der Waals surface area contributed by atoms with Gasteiger partial charge in [0.2, 0.25) is 0 Å². The first-order valence-corrected chi connectivity index (χ1v) is 11.3. The number of hydrogen-bond acceptors (Lipinski definition) is 7. The molecule has 0 radical (unpaired) electrons. The van der Waals surface area contributed by atoms with E-state index in [-0.39, 0.29) is 6.04 Å². The Labute approximate surface area is 200 Å². The minimum Gasteiger partial charge on any atom is -0.415 e. The van der Waals surface area contributed by atoms with Crippen molar-refractivity contribution in [3.05, 3.63) is 52.9 Å². The highest BCUT2D eigenvalue weighted by Gasteiger charge is 2.60. The lowest BCUT2D eigenvalue weighted by molar-refractivity contribution is -0.255. The third-order valence-electron chi connectivity index (χ3n) is 6.68. The lowest BCUT2D eigenvalue weighted by Gasteiger charge is -2.29. The molecule has 1 fully saturated rings.